The van der Waals surface area contributed by atoms with Crippen molar-refractivity contribution in [3.05, 3.63) is 84.4 Å². The van der Waals surface area contributed by atoms with Gasteiger partial charge in [-0.1, -0.05) is 44.2 Å². The van der Waals surface area contributed by atoms with Crippen LogP contribution in [0.5, 0.6) is 23.0 Å². The molecule has 43 heavy (non-hydrogen) atoms. The highest BCUT2D eigenvalue weighted by atomic mass is 16.5. The molecule has 0 radical (unpaired) electrons. The van der Waals surface area contributed by atoms with Crippen molar-refractivity contribution in [1.82, 2.24) is 0 Å². The fraction of sp³-hybridized carbons (Fsp3) is 0.429. The third-order valence-corrected chi connectivity index (χ3v) is 7.45. The van der Waals surface area contributed by atoms with Gasteiger partial charge in [0.1, 0.15) is 35.7 Å². The Bertz CT molecular complexity index is 1250. The van der Waals surface area contributed by atoms with Crippen molar-refractivity contribution >= 4 is 11.9 Å². The second-order valence-corrected chi connectivity index (χ2v) is 11.1. The van der Waals surface area contributed by atoms with Crippen molar-refractivity contribution < 1.29 is 38.0 Å². The van der Waals surface area contributed by atoms with Gasteiger partial charge in [0.15, 0.2) is 0 Å². The number of ether oxygens (including phenoxy) is 6. The van der Waals surface area contributed by atoms with Gasteiger partial charge in [0.25, 0.3) is 0 Å². The second kappa shape index (κ2) is 16.7. The summed E-state index contributed by atoms with van der Waals surface area (Å²) in [7, 11) is 1.65. The van der Waals surface area contributed by atoms with Crippen LogP contribution in [-0.4, -0.2) is 45.0 Å². The quantitative estimate of drug-likeness (QED) is 0.110. The van der Waals surface area contributed by atoms with Crippen LogP contribution < -0.4 is 18.9 Å². The third kappa shape index (κ3) is 10.4. The van der Waals surface area contributed by atoms with Gasteiger partial charge in [0.2, 0.25) is 0 Å². The van der Waals surface area contributed by atoms with Crippen LogP contribution in [0.4, 0.5) is 0 Å². The average Bonchev–Trinajstić information content (AvgIpc) is 3.03. The molecule has 0 amide bonds. The Morgan fingerprint density at radius 1 is 0.698 bits per heavy atom. The highest BCUT2D eigenvalue weighted by Gasteiger charge is 2.32. The maximum Gasteiger partial charge on any atom is 0.314 e. The maximum absolute atomic E-state index is 12.8. The van der Waals surface area contributed by atoms with Gasteiger partial charge in [-0.05, 0) is 85.7 Å². The van der Waals surface area contributed by atoms with Crippen molar-refractivity contribution in [2.24, 2.45) is 17.8 Å². The minimum atomic E-state index is -0.279. The summed E-state index contributed by atoms with van der Waals surface area (Å²) < 4.78 is 33.8. The van der Waals surface area contributed by atoms with E-state index in [1.54, 1.807) is 55.6 Å². The lowest BCUT2D eigenvalue weighted by Crippen LogP contribution is -2.30. The Morgan fingerprint density at radius 3 is 1.72 bits per heavy atom. The number of hydrogen-bond donors (Lipinski definition) is 0. The molecule has 1 atom stereocenters. The molecular weight excluding hydrogens is 548 g/mol. The first-order valence-corrected chi connectivity index (χ1v) is 14.9. The van der Waals surface area contributed by atoms with E-state index in [1.807, 2.05) is 30.3 Å². The molecule has 230 valence electrons. The molecule has 0 aromatic heterocycles. The molecule has 3 aromatic rings. The van der Waals surface area contributed by atoms with Crippen molar-refractivity contribution in [2.45, 2.75) is 52.2 Å². The lowest BCUT2D eigenvalue weighted by molar-refractivity contribution is -0.145. The Kier molecular flexibility index (Phi) is 12.4. The summed E-state index contributed by atoms with van der Waals surface area (Å²) >= 11 is 0. The molecule has 1 aliphatic rings. The topological polar surface area (TPSA) is 89.5 Å². The first-order valence-electron chi connectivity index (χ1n) is 14.9. The van der Waals surface area contributed by atoms with Crippen molar-refractivity contribution in [3.8, 4) is 23.0 Å². The zero-order valence-electron chi connectivity index (χ0n) is 25.2. The molecule has 8 nitrogen and oxygen atoms in total. The van der Waals surface area contributed by atoms with Crippen LogP contribution in [0.15, 0.2) is 78.9 Å². The van der Waals surface area contributed by atoms with Crippen molar-refractivity contribution in [1.29, 1.82) is 0 Å². The number of hydrogen-bond acceptors (Lipinski definition) is 8. The normalized spacial score (nSPS) is 17.2. The van der Waals surface area contributed by atoms with Gasteiger partial charge in [0, 0.05) is 7.11 Å². The van der Waals surface area contributed by atoms with Gasteiger partial charge in [-0.15, -0.1) is 0 Å². The van der Waals surface area contributed by atoms with E-state index in [4.69, 9.17) is 28.4 Å². The summed E-state index contributed by atoms with van der Waals surface area (Å²) in [5.74, 6) is 1.55. The third-order valence-electron chi connectivity index (χ3n) is 7.45. The van der Waals surface area contributed by atoms with E-state index in [9.17, 15) is 9.59 Å². The van der Waals surface area contributed by atoms with Gasteiger partial charge in [-0.2, -0.15) is 0 Å². The standard InChI is InChI=1S/C35H42O8/c1-25(2)33(24-38-3)41-30-17-19-32(20-18-30)43-35(37)28-11-9-27(10-12-28)34(36)42-31-15-13-29(14-16-31)40-22-21-39-23-26-7-5-4-6-8-26/h4-8,13-20,25,27-28,33H,9-12,21-24H2,1-3H3/t27-,28-,33?. The number of carbonyl (C=O) groups excluding carboxylic acids is 2. The van der Waals surface area contributed by atoms with Crippen LogP contribution in [0.25, 0.3) is 0 Å². The molecule has 4 rings (SSSR count). The molecule has 0 saturated heterocycles. The zero-order chi connectivity index (χ0) is 30.4. The van der Waals surface area contributed by atoms with Crippen molar-refractivity contribution in [2.75, 3.05) is 26.9 Å². The van der Waals surface area contributed by atoms with E-state index in [1.165, 1.54) is 0 Å². The Balaban J connectivity index is 1.14. The summed E-state index contributed by atoms with van der Waals surface area (Å²) in [6, 6.07) is 24.0. The summed E-state index contributed by atoms with van der Waals surface area (Å²) in [6.45, 7) is 6.09. The smallest absolute Gasteiger partial charge is 0.314 e. The molecule has 0 N–H and O–H groups in total. The molecule has 0 bridgehead atoms. The van der Waals surface area contributed by atoms with Crippen LogP contribution >= 0.6 is 0 Å². The molecular formula is C35H42O8. The molecule has 0 heterocycles. The Hall–Kier alpha value is -3.88. The first-order chi connectivity index (χ1) is 20.9. The van der Waals surface area contributed by atoms with E-state index in [-0.39, 0.29) is 29.9 Å². The highest BCUT2D eigenvalue weighted by Crippen LogP contribution is 2.32. The average molecular weight is 591 g/mol. The SMILES string of the molecule is COCC(Oc1ccc(OC(=O)[C@H]2CC[C@H](C(=O)Oc3ccc(OCCOCc4ccccc4)cc3)CC2)cc1)C(C)C. The Labute approximate surface area is 254 Å². The number of esters is 2. The van der Waals surface area contributed by atoms with E-state index in [2.05, 4.69) is 13.8 Å². The van der Waals surface area contributed by atoms with Gasteiger partial charge < -0.3 is 28.4 Å². The van der Waals surface area contributed by atoms with Gasteiger partial charge in [-0.25, -0.2) is 0 Å². The number of methoxy groups -OCH3 is 1. The van der Waals surface area contributed by atoms with E-state index >= 15 is 0 Å². The van der Waals surface area contributed by atoms with E-state index in [0.717, 1.165) is 5.56 Å². The van der Waals surface area contributed by atoms with Crippen LogP contribution in [-0.2, 0) is 25.7 Å². The Morgan fingerprint density at radius 2 is 1.21 bits per heavy atom. The predicted octanol–water partition coefficient (Wildman–Crippen LogP) is 6.65. The number of benzene rings is 3. The monoisotopic (exact) mass is 590 g/mol. The molecule has 1 saturated carbocycles. The first kappa shape index (κ1) is 32.0. The molecule has 0 spiro atoms. The van der Waals surface area contributed by atoms with Gasteiger partial charge >= 0.3 is 11.9 Å². The molecule has 1 unspecified atom stereocenters. The molecule has 8 heteroatoms. The largest absolute Gasteiger partial charge is 0.491 e. The van der Waals surface area contributed by atoms with Crippen LogP contribution in [0.3, 0.4) is 0 Å². The van der Waals surface area contributed by atoms with Gasteiger partial charge in [-0.3, -0.25) is 9.59 Å². The fourth-order valence-electron chi connectivity index (χ4n) is 4.84. The maximum atomic E-state index is 12.8. The van der Waals surface area contributed by atoms with Crippen LogP contribution in [0, 0.1) is 17.8 Å². The summed E-state index contributed by atoms with van der Waals surface area (Å²) in [5.41, 5.74) is 1.12. The van der Waals surface area contributed by atoms with Gasteiger partial charge in [0.05, 0.1) is 31.7 Å². The summed E-state index contributed by atoms with van der Waals surface area (Å²) in [5, 5.41) is 0. The lowest BCUT2D eigenvalue weighted by Gasteiger charge is -2.26. The van der Waals surface area contributed by atoms with Crippen LogP contribution in [0.2, 0.25) is 0 Å². The molecule has 1 fully saturated rings. The second-order valence-electron chi connectivity index (χ2n) is 11.1. The lowest BCUT2D eigenvalue weighted by atomic mass is 9.82. The summed E-state index contributed by atoms with van der Waals surface area (Å²) in [6.07, 6.45) is 2.24. The van der Waals surface area contributed by atoms with Crippen molar-refractivity contribution in [3.63, 3.8) is 0 Å². The molecule has 3 aromatic carbocycles. The van der Waals surface area contributed by atoms with E-state index < -0.39 is 0 Å². The molecule has 1 aliphatic carbocycles. The molecule has 0 aliphatic heterocycles. The van der Waals surface area contributed by atoms with Crippen LogP contribution in [0.1, 0.15) is 45.1 Å². The fourth-order valence-corrected chi connectivity index (χ4v) is 4.84. The minimum absolute atomic E-state index is 0.0604. The van der Waals surface area contributed by atoms with E-state index in [0.29, 0.717) is 81.0 Å². The minimum Gasteiger partial charge on any atom is -0.491 e. The number of carbonyl (C=O) groups is 2. The summed E-state index contributed by atoms with van der Waals surface area (Å²) in [4.78, 5) is 25.5. The number of rotatable bonds is 15. The predicted molar refractivity (Wildman–Crippen MR) is 162 cm³/mol. The highest BCUT2D eigenvalue weighted by molar-refractivity contribution is 5.77. The zero-order valence-corrected chi connectivity index (χ0v) is 25.2.